The predicted molar refractivity (Wildman–Crippen MR) is 78.1 cm³/mol. The van der Waals surface area contributed by atoms with Gasteiger partial charge < -0.3 is 5.11 Å². The van der Waals surface area contributed by atoms with Gasteiger partial charge in [0.25, 0.3) is 0 Å². The maximum Gasteiger partial charge on any atom is 0.250 e. The van der Waals surface area contributed by atoms with Crippen molar-refractivity contribution in [1.82, 2.24) is 4.72 Å². The van der Waals surface area contributed by atoms with Crippen molar-refractivity contribution in [2.24, 2.45) is 0 Å². The van der Waals surface area contributed by atoms with Crippen LogP contribution in [0.2, 0.25) is 4.34 Å². The van der Waals surface area contributed by atoms with Crippen LogP contribution < -0.4 is 4.72 Å². The van der Waals surface area contributed by atoms with Crippen LogP contribution in [0.15, 0.2) is 16.3 Å². The molecule has 0 saturated heterocycles. The van der Waals surface area contributed by atoms with E-state index < -0.39 is 15.6 Å². The standard InChI is InChI=1S/C10H16ClNO3S3/c1-10(13,5-6-16-2)7-12-18(14,15)9-4-3-8(11)17-9/h3-4,12-13H,5-7H2,1-2H3/t10-/m0/s1. The van der Waals surface area contributed by atoms with Gasteiger partial charge in [0.1, 0.15) is 4.21 Å². The highest BCUT2D eigenvalue weighted by atomic mass is 35.5. The number of rotatable bonds is 7. The molecule has 4 nitrogen and oxygen atoms in total. The zero-order valence-electron chi connectivity index (χ0n) is 10.1. The van der Waals surface area contributed by atoms with Gasteiger partial charge in [0.2, 0.25) is 10.0 Å². The molecule has 104 valence electrons. The molecule has 0 saturated carbocycles. The van der Waals surface area contributed by atoms with E-state index in [0.29, 0.717) is 10.8 Å². The van der Waals surface area contributed by atoms with E-state index >= 15 is 0 Å². The molecule has 1 atom stereocenters. The summed E-state index contributed by atoms with van der Waals surface area (Å²) in [6, 6.07) is 2.98. The molecule has 1 heterocycles. The van der Waals surface area contributed by atoms with Crippen LogP contribution in [-0.4, -0.2) is 37.7 Å². The van der Waals surface area contributed by atoms with Crippen molar-refractivity contribution in [3.05, 3.63) is 16.5 Å². The lowest BCUT2D eigenvalue weighted by molar-refractivity contribution is 0.0626. The normalized spacial score (nSPS) is 15.6. The highest BCUT2D eigenvalue weighted by Gasteiger charge is 2.24. The van der Waals surface area contributed by atoms with Crippen molar-refractivity contribution < 1.29 is 13.5 Å². The fourth-order valence-corrected chi connectivity index (χ4v) is 4.51. The molecule has 0 aliphatic rings. The van der Waals surface area contributed by atoms with E-state index in [-0.39, 0.29) is 10.8 Å². The Bertz CT molecular complexity index is 484. The van der Waals surface area contributed by atoms with Gasteiger partial charge in [-0.05, 0) is 37.5 Å². The Kier molecular flexibility index (Phi) is 5.95. The molecule has 1 aromatic heterocycles. The molecule has 18 heavy (non-hydrogen) atoms. The summed E-state index contributed by atoms with van der Waals surface area (Å²) >= 11 is 8.30. The molecule has 0 unspecified atom stereocenters. The molecule has 0 fully saturated rings. The minimum absolute atomic E-state index is 0.00852. The third-order valence-corrected chi connectivity index (χ3v) is 6.04. The molecular formula is C10H16ClNO3S3. The van der Waals surface area contributed by atoms with Crippen LogP contribution in [-0.2, 0) is 10.0 Å². The van der Waals surface area contributed by atoms with Crippen molar-refractivity contribution in [2.45, 2.75) is 23.2 Å². The number of hydrogen-bond acceptors (Lipinski definition) is 5. The number of nitrogens with one attached hydrogen (secondary N) is 1. The number of halogens is 1. The summed E-state index contributed by atoms with van der Waals surface area (Å²) in [6.45, 7) is 1.61. The molecule has 0 amide bonds. The Morgan fingerprint density at radius 3 is 2.72 bits per heavy atom. The summed E-state index contributed by atoms with van der Waals surface area (Å²) in [4.78, 5) is 0. The van der Waals surface area contributed by atoms with Crippen molar-refractivity contribution >= 4 is 44.7 Å². The summed E-state index contributed by atoms with van der Waals surface area (Å²) in [7, 11) is -3.58. The van der Waals surface area contributed by atoms with Crippen molar-refractivity contribution in [2.75, 3.05) is 18.6 Å². The second-order valence-electron chi connectivity index (χ2n) is 4.12. The molecule has 1 rings (SSSR count). The maximum atomic E-state index is 11.9. The summed E-state index contributed by atoms with van der Waals surface area (Å²) in [5.41, 5.74) is -1.04. The molecule has 2 N–H and O–H groups in total. The van der Waals surface area contributed by atoms with Crippen LogP contribution in [0.3, 0.4) is 0 Å². The van der Waals surface area contributed by atoms with E-state index in [1.54, 1.807) is 18.7 Å². The molecule has 0 bridgehead atoms. The SMILES string of the molecule is CSCC[C@](C)(O)CNS(=O)(=O)c1ccc(Cl)s1. The van der Waals surface area contributed by atoms with E-state index in [0.717, 1.165) is 17.1 Å². The van der Waals surface area contributed by atoms with E-state index in [9.17, 15) is 13.5 Å². The number of thioether (sulfide) groups is 1. The number of aliphatic hydroxyl groups is 1. The molecule has 0 spiro atoms. The average molecular weight is 330 g/mol. The van der Waals surface area contributed by atoms with E-state index in [4.69, 9.17) is 11.6 Å². The summed E-state index contributed by atoms with van der Waals surface area (Å²) in [5.74, 6) is 0.777. The first kappa shape index (κ1) is 16.3. The average Bonchev–Trinajstić information content (AvgIpc) is 2.72. The fraction of sp³-hybridized carbons (Fsp3) is 0.600. The first-order chi connectivity index (χ1) is 8.27. The first-order valence-electron chi connectivity index (χ1n) is 5.23. The van der Waals surface area contributed by atoms with Crippen LogP contribution in [0.4, 0.5) is 0 Å². The monoisotopic (exact) mass is 329 g/mol. The largest absolute Gasteiger partial charge is 0.389 e. The fourth-order valence-electron chi connectivity index (χ4n) is 1.17. The first-order valence-corrected chi connectivity index (χ1v) is 9.30. The summed E-state index contributed by atoms with van der Waals surface area (Å²) in [6.07, 6.45) is 2.47. The third kappa shape index (κ3) is 5.07. The molecule has 1 aromatic rings. The lowest BCUT2D eigenvalue weighted by Gasteiger charge is -2.22. The van der Waals surface area contributed by atoms with Crippen LogP contribution in [0.25, 0.3) is 0 Å². The smallest absolute Gasteiger partial charge is 0.250 e. The van der Waals surface area contributed by atoms with Crippen molar-refractivity contribution in [1.29, 1.82) is 0 Å². The lowest BCUT2D eigenvalue weighted by atomic mass is 10.1. The van der Waals surface area contributed by atoms with Crippen molar-refractivity contribution in [3.63, 3.8) is 0 Å². The van der Waals surface area contributed by atoms with Gasteiger partial charge in [-0.15, -0.1) is 11.3 Å². The third-order valence-electron chi connectivity index (χ3n) is 2.30. The molecule has 0 aliphatic heterocycles. The molecular weight excluding hydrogens is 314 g/mol. The van der Waals surface area contributed by atoms with Gasteiger partial charge in [0.15, 0.2) is 0 Å². The highest BCUT2D eigenvalue weighted by molar-refractivity contribution is 7.98. The van der Waals surface area contributed by atoms with Crippen LogP contribution in [0, 0.1) is 0 Å². The van der Waals surface area contributed by atoms with Gasteiger partial charge in [-0.2, -0.15) is 11.8 Å². The van der Waals surface area contributed by atoms with Crippen LogP contribution in [0.5, 0.6) is 0 Å². The predicted octanol–water partition coefficient (Wildman–Crippen LogP) is 2.18. The quantitative estimate of drug-likeness (QED) is 0.804. The van der Waals surface area contributed by atoms with E-state index in [2.05, 4.69) is 4.72 Å². The van der Waals surface area contributed by atoms with Gasteiger partial charge in [-0.1, -0.05) is 11.6 Å². The Morgan fingerprint density at radius 1 is 1.56 bits per heavy atom. The second kappa shape index (κ2) is 6.58. The van der Waals surface area contributed by atoms with Gasteiger partial charge in [0, 0.05) is 6.54 Å². The summed E-state index contributed by atoms with van der Waals surface area (Å²) in [5, 5.41) is 10.00. The zero-order valence-corrected chi connectivity index (χ0v) is 13.3. The summed E-state index contributed by atoms with van der Waals surface area (Å²) < 4.78 is 26.8. The molecule has 0 aromatic carbocycles. The van der Waals surface area contributed by atoms with Gasteiger partial charge >= 0.3 is 0 Å². The van der Waals surface area contributed by atoms with E-state index in [1.807, 2.05) is 6.26 Å². The Balaban J connectivity index is 2.62. The van der Waals surface area contributed by atoms with Gasteiger partial charge in [0.05, 0.1) is 9.94 Å². The van der Waals surface area contributed by atoms with Crippen LogP contribution >= 0.6 is 34.7 Å². The molecule has 8 heteroatoms. The second-order valence-corrected chi connectivity index (χ2v) is 8.82. The van der Waals surface area contributed by atoms with Gasteiger partial charge in [-0.25, -0.2) is 13.1 Å². The van der Waals surface area contributed by atoms with Crippen LogP contribution in [0.1, 0.15) is 13.3 Å². The van der Waals surface area contributed by atoms with Crippen molar-refractivity contribution in [3.8, 4) is 0 Å². The minimum Gasteiger partial charge on any atom is -0.389 e. The van der Waals surface area contributed by atoms with Gasteiger partial charge in [-0.3, -0.25) is 0 Å². The molecule has 0 radical (unpaired) electrons. The minimum atomic E-state index is -3.58. The number of sulfonamides is 1. The topological polar surface area (TPSA) is 66.4 Å². The lowest BCUT2D eigenvalue weighted by Crippen LogP contribution is -2.40. The zero-order chi connectivity index (χ0) is 13.8. The van der Waals surface area contributed by atoms with E-state index in [1.165, 1.54) is 12.1 Å². The Hall–Kier alpha value is 0.210. The highest BCUT2D eigenvalue weighted by Crippen LogP contribution is 2.25. The number of hydrogen-bond donors (Lipinski definition) is 2. The Labute approximate surface area is 121 Å². The maximum absolute atomic E-state index is 11.9. The number of thiophene rings is 1. The Morgan fingerprint density at radius 2 is 2.22 bits per heavy atom. The molecule has 0 aliphatic carbocycles.